The number of rotatable bonds is 17. The summed E-state index contributed by atoms with van der Waals surface area (Å²) in [6, 6.07) is 8.66. The summed E-state index contributed by atoms with van der Waals surface area (Å²) in [4.78, 5) is 12.6. The van der Waals surface area contributed by atoms with E-state index in [0.29, 0.717) is 0 Å². The zero-order valence-corrected chi connectivity index (χ0v) is 27.0. The Bertz CT molecular complexity index is 604. The third kappa shape index (κ3) is 7.49. The Morgan fingerprint density at radius 2 is 0.971 bits per heavy atom. The molecule has 0 bridgehead atoms. The highest BCUT2D eigenvalue weighted by Gasteiger charge is 2.55. The molecule has 1 fully saturated rings. The molecule has 5 atom stereocenters. The van der Waals surface area contributed by atoms with Gasteiger partial charge < -0.3 is 28.9 Å². The van der Waals surface area contributed by atoms with Gasteiger partial charge in [0.1, 0.15) is 18.3 Å². The maximum absolute atomic E-state index is 12.6. The van der Waals surface area contributed by atoms with Crippen LogP contribution in [0.4, 0.5) is 0 Å². The first kappa shape index (κ1) is 32.9. The molecule has 0 radical (unpaired) electrons. The maximum atomic E-state index is 12.6. The van der Waals surface area contributed by atoms with E-state index in [-0.39, 0.29) is 6.54 Å². The van der Waals surface area contributed by atoms with Gasteiger partial charge in [0.25, 0.3) is 0 Å². The first-order valence-electron chi connectivity index (χ1n) is 14.2. The van der Waals surface area contributed by atoms with E-state index in [2.05, 4.69) is 62.3 Å². The van der Waals surface area contributed by atoms with Gasteiger partial charge in [-0.15, -0.1) is 0 Å². The van der Waals surface area contributed by atoms with E-state index in [4.69, 9.17) is 23.7 Å². The second kappa shape index (κ2) is 14.8. The number of carbonyl (C=O) groups is 1. The fourth-order valence-electron chi connectivity index (χ4n) is 5.57. The summed E-state index contributed by atoms with van der Waals surface area (Å²) >= 11 is 0. The number of ether oxygens (including phenoxy) is 1. The van der Waals surface area contributed by atoms with Crippen LogP contribution in [-0.2, 0) is 22.8 Å². The van der Waals surface area contributed by atoms with Crippen LogP contribution >= 0.6 is 0 Å². The monoisotopic (exact) mass is 549 g/mol. The zero-order valence-electron chi connectivity index (χ0n) is 24.0. The third-order valence-electron chi connectivity index (χ3n) is 9.07. The molecule has 0 aromatic carbocycles. The summed E-state index contributed by atoms with van der Waals surface area (Å²) in [6.07, 6.45) is -3.24. The van der Waals surface area contributed by atoms with Crippen molar-refractivity contribution < 1.29 is 27.9 Å². The number of hydrogen-bond acceptors (Lipinski definition) is 6. The zero-order chi connectivity index (χ0) is 26.9. The van der Waals surface area contributed by atoms with E-state index in [9.17, 15) is 9.90 Å². The van der Waals surface area contributed by atoms with Gasteiger partial charge in [-0.25, -0.2) is 4.79 Å². The maximum Gasteiger partial charge on any atom is 0.335 e. The Balaban J connectivity index is 3.74. The van der Waals surface area contributed by atoms with Gasteiger partial charge in [-0.3, -0.25) is 0 Å². The summed E-state index contributed by atoms with van der Waals surface area (Å²) in [5.41, 5.74) is 6.22. The summed E-state index contributed by atoms with van der Waals surface area (Å²) in [6.45, 7) is 19.9. The number of carboxylic acids is 1. The molecule has 0 spiro atoms. The van der Waals surface area contributed by atoms with E-state index < -0.39 is 61.4 Å². The first-order valence-corrected chi connectivity index (χ1v) is 21.8. The van der Waals surface area contributed by atoms with Gasteiger partial charge in [-0.1, -0.05) is 62.3 Å². The van der Waals surface area contributed by atoms with Crippen LogP contribution in [0.5, 0.6) is 0 Å². The van der Waals surface area contributed by atoms with Crippen molar-refractivity contribution in [3.63, 3.8) is 0 Å². The minimum absolute atomic E-state index is 0.194. The second-order valence-corrected chi connectivity index (χ2v) is 24.3. The Kier molecular flexibility index (Phi) is 13.9. The highest BCUT2D eigenvalue weighted by Crippen LogP contribution is 2.39. The summed E-state index contributed by atoms with van der Waals surface area (Å²) in [5, 5.41) is 10.3. The van der Waals surface area contributed by atoms with Gasteiger partial charge in [-0.2, -0.15) is 0 Å². The molecule has 1 aliphatic heterocycles. The van der Waals surface area contributed by atoms with Crippen LogP contribution in [0.1, 0.15) is 62.3 Å². The topological polar surface area (TPSA) is 100 Å². The molecular weight excluding hydrogens is 495 g/mol. The molecule has 1 heterocycles. The van der Waals surface area contributed by atoms with E-state index in [1.54, 1.807) is 0 Å². The minimum atomic E-state index is -2.17. The van der Waals surface area contributed by atoms with E-state index in [0.717, 1.165) is 54.4 Å². The smallest absolute Gasteiger partial charge is 0.335 e. The summed E-state index contributed by atoms with van der Waals surface area (Å²) in [7, 11) is -6.36. The average Bonchev–Trinajstić information content (AvgIpc) is 2.90. The molecule has 1 aliphatic rings. The molecule has 1 rings (SSSR count). The lowest BCUT2D eigenvalue weighted by Gasteiger charge is -2.52. The van der Waals surface area contributed by atoms with E-state index in [1.807, 2.05) is 0 Å². The Hall–Kier alpha value is -0.0794. The van der Waals surface area contributed by atoms with Crippen molar-refractivity contribution in [2.75, 3.05) is 6.54 Å². The standard InChI is InChI=1S/C25H55NO6Si3/c1-10-33(11-2,12-3)30-21-20(19-26)29-24(25(27)28)23(32-35(16-7,17-8)18-9)22(21)31-34(13-4,14-5)15-6/h20-24H,10-19,26H2,1-9H3,(H,27,28)/t20-,21-,22+,23-,24-/m1/s1. The van der Waals surface area contributed by atoms with E-state index in [1.165, 1.54) is 0 Å². The van der Waals surface area contributed by atoms with Crippen molar-refractivity contribution in [3.8, 4) is 0 Å². The van der Waals surface area contributed by atoms with Crippen LogP contribution in [0.2, 0.25) is 54.4 Å². The minimum Gasteiger partial charge on any atom is -0.479 e. The van der Waals surface area contributed by atoms with Gasteiger partial charge in [0, 0.05) is 6.54 Å². The van der Waals surface area contributed by atoms with Gasteiger partial charge in [0.05, 0.1) is 6.10 Å². The van der Waals surface area contributed by atoms with Gasteiger partial charge in [0.15, 0.2) is 31.1 Å². The highest BCUT2D eigenvalue weighted by atomic mass is 28.4. The summed E-state index contributed by atoms with van der Waals surface area (Å²) in [5.74, 6) is -1.01. The molecule has 0 aliphatic carbocycles. The molecule has 35 heavy (non-hydrogen) atoms. The molecule has 0 unspecified atom stereocenters. The van der Waals surface area contributed by atoms with Gasteiger partial charge in [0.2, 0.25) is 0 Å². The predicted octanol–water partition coefficient (Wildman–Crippen LogP) is 5.97. The lowest BCUT2D eigenvalue weighted by atomic mass is 9.95. The van der Waals surface area contributed by atoms with Crippen LogP contribution in [0.25, 0.3) is 0 Å². The predicted molar refractivity (Wildman–Crippen MR) is 152 cm³/mol. The average molecular weight is 550 g/mol. The quantitative estimate of drug-likeness (QED) is 0.216. The molecule has 10 heteroatoms. The number of carboxylic acid groups (broad SMARTS) is 1. The molecule has 0 amide bonds. The van der Waals surface area contributed by atoms with Crippen molar-refractivity contribution in [1.29, 1.82) is 0 Å². The number of nitrogens with two attached hydrogens (primary N) is 1. The number of aliphatic carboxylic acids is 1. The van der Waals surface area contributed by atoms with Crippen molar-refractivity contribution in [3.05, 3.63) is 0 Å². The molecule has 1 saturated heterocycles. The van der Waals surface area contributed by atoms with Gasteiger partial charge >= 0.3 is 5.97 Å². The molecule has 0 saturated carbocycles. The molecule has 0 aromatic rings. The molecule has 7 nitrogen and oxygen atoms in total. The van der Waals surface area contributed by atoms with Crippen LogP contribution in [0.3, 0.4) is 0 Å². The molecule has 208 valence electrons. The summed E-state index contributed by atoms with van der Waals surface area (Å²) < 4.78 is 27.4. The van der Waals surface area contributed by atoms with Crippen LogP contribution < -0.4 is 5.73 Å². The van der Waals surface area contributed by atoms with Gasteiger partial charge in [-0.05, 0) is 54.4 Å². The number of hydrogen-bond donors (Lipinski definition) is 2. The Morgan fingerprint density at radius 3 is 1.26 bits per heavy atom. The normalized spacial score (nSPS) is 26.2. The fourth-order valence-corrected chi connectivity index (χ4v) is 14.1. The van der Waals surface area contributed by atoms with Crippen molar-refractivity contribution in [1.82, 2.24) is 0 Å². The van der Waals surface area contributed by atoms with Crippen LogP contribution in [0.15, 0.2) is 0 Å². The molecular formula is C25H55NO6Si3. The Morgan fingerprint density at radius 1 is 0.657 bits per heavy atom. The van der Waals surface area contributed by atoms with Crippen LogP contribution in [-0.4, -0.2) is 73.1 Å². The van der Waals surface area contributed by atoms with Crippen molar-refractivity contribution in [2.45, 2.75) is 147 Å². The van der Waals surface area contributed by atoms with Crippen molar-refractivity contribution >= 4 is 30.9 Å². The second-order valence-electron chi connectivity index (χ2n) is 10.1. The lowest BCUT2D eigenvalue weighted by Crippen LogP contribution is -2.68. The van der Waals surface area contributed by atoms with Crippen LogP contribution in [0, 0.1) is 0 Å². The third-order valence-corrected chi connectivity index (χ3v) is 23.0. The molecule has 0 aromatic heterocycles. The fraction of sp³-hybridized carbons (Fsp3) is 0.960. The first-order chi connectivity index (χ1) is 16.6. The largest absolute Gasteiger partial charge is 0.479 e. The Labute approximate surface area is 218 Å². The van der Waals surface area contributed by atoms with E-state index >= 15 is 0 Å². The SMILES string of the molecule is CC[Si](CC)(CC)O[C@@H]1[C@@H](O[Si](CC)(CC)CC)[C@H](C(=O)O)O[C@H](CN)[C@H]1O[Si](CC)(CC)CC. The highest BCUT2D eigenvalue weighted by molar-refractivity contribution is 6.74. The molecule has 3 N–H and O–H groups in total. The van der Waals surface area contributed by atoms with Crippen molar-refractivity contribution in [2.24, 2.45) is 5.73 Å². The lowest BCUT2D eigenvalue weighted by molar-refractivity contribution is -0.215.